The van der Waals surface area contributed by atoms with Crippen molar-refractivity contribution in [1.29, 1.82) is 0 Å². The zero-order chi connectivity index (χ0) is 26.5. The van der Waals surface area contributed by atoms with Crippen LogP contribution in [0.3, 0.4) is 0 Å². The van der Waals surface area contributed by atoms with E-state index in [9.17, 15) is 19.7 Å². The van der Waals surface area contributed by atoms with Crippen molar-refractivity contribution in [3.8, 4) is 5.75 Å². The molecule has 37 heavy (non-hydrogen) atoms. The van der Waals surface area contributed by atoms with Gasteiger partial charge in [-0.15, -0.1) is 0 Å². The zero-order valence-electron chi connectivity index (χ0n) is 20.0. The van der Waals surface area contributed by atoms with Crippen molar-refractivity contribution in [2.24, 2.45) is 0 Å². The highest BCUT2D eigenvalue weighted by molar-refractivity contribution is 8.27. The number of nitro benzene ring substituents is 1. The smallest absolute Gasteiger partial charge is 0.271 e. The first-order chi connectivity index (χ1) is 17.7. The zero-order valence-corrected chi connectivity index (χ0v) is 21.7. The molecule has 1 aliphatic rings. The Morgan fingerprint density at radius 1 is 1.14 bits per heavy atom. The number of hydrogen-bond donors (Lipinski definition) is 1. The largest absolute Gasteiger partial charge is 0.484 e. The lowest BCUT2D eigenvalue weighted by Gasteiger charge is -2.14. The number of amides is 2. The number of nitrogens with zero attached hydrogens (tertiary/aromatic N) is 2. The molecule has 4 rings (SSSR count). The van der Waals surface area contributed by atoms with Crippen molar-refractivity contribution in [2.75, 3.05) is 16.8 Å². The number of carbonyl (C=O) groups excluding carboxylic acids is 2. The van der Waals surface area contributed by atoms with E-state index in [1.807, 2.05) is 24.3 Å². The Kier molecular flexibility index (Phi) is 8.00. The molecular formula is C27H23N3O5S2. The third-order valence-electron chi connectivity index (χ3n) is 5.50. The standard InChI is InChI=1S/C27H23N3O5S2/c1-17(2)22-8-3-4-9-23(22)28-25(31)16-35-21-12-10-18(11-13-21)14-24-26(32)29(27(36)37-24)19-6-5-7-20(15-19)30(33)34/h3-15,17H,16H2,1-2H3,(H,28,31)/b24-14-. The highest BCUT2D eigenvalue weighted by atomic mass is 32.2. The Labute approximate surface area is 223 Å². The van der Waals surface area contributed by atoms with Gasteiger partial charge in [-0.1, -0.05) is 74.2 Å². The molecule has 0 unspecified atom stereocenters. The normalized spacial score (nSPS) is 14.4. The molecule has 2 amide bonds. The SMILES string of the molecule is CC(C)c1ccccc1NC(=O)COc1ccc(/C=C2\SC(=S)N(c3cccc([N+](=O)[O-])c3)C2=O)cc1. The molecule has 0 aromatic heterocycles. The third kappa shape index (κ3) is 6.22. The van der Waals surface area contributed by atoms with E-state index in [-0.39, 0.29) is 30.0 Å². The number of carbonyl (C=O) groups is 2. The average molecular weight is 534 g/mol. The van der Waals surface area contributed by atoms with Crippen LogP contribution in [0.25, 0.3) is 6.08 Å². The van der Waals surface area contributed by atoms with Gasteiger partial charge >= 0.3 is 0 Å². The molecule has 3 aromatic carbocycles. The molecule has 0 radical (unpaired) electrons. The van der Waals surface area contributed by atoms with Gasteiger partial charge in [-0.3, -0.25) is 24.6 Å². The molecule has 1 heterocycles. The Morgan fingerprint density at radius 3 is 2.57 bits per heavy atom. The molecule has 10 heteroatoms. The maximum atomic E-state index is 13.0. The van der Waals surface area contributed by atoms with Gasteiger partial charge in [-0.2, -0.15) is 0 Å². The summed E-state index contributed by atoms with van der Waals surface area (Å²) in [6.07, 6.45) is 1.69. The highest BCUT2D eigenvalue weighted by Gasteiger charge is 2.33. The van der Waals surface area contributed by atoms with Crippen LogP contribution in [0, 0.1) is 10.1 Å². The van der Waals surface area contributed by atoms with E-state index in [2.05, 4.69) is 19.2 Å². The fourth-order valence-electron chi connectivity index (χ4n) is 3.70. The van der Waals surface area contributed by atoms with Crippen LogP contribution in [-0.4, -0.2) is 27.7 Å². The van der Waals surface area contributed by atoms with Crippen LogP contribution in [0.4, 0.5) is 17.1 Å². The van der Waals surface area contributed by atoms with Crippen LogP contribution < -0.4 is 15.0 Å². The lowest BCUT2D eigenvalue weighted by Crippen LogP contribution is -2.27. The van der Waals surface area contributed by atoms with Crippen LogP contribution >= 0.6 is 24.0 Å². The van der Waals surface area contributed by atoms with Gasteiger partial charge in [0.1, 0.15) is 5.75 Å². The van der Waals surface area contributed by atoms with Gasteiger partial charge in [0.2, 0.25) is 0 Å². The predicted molar refractivity (Wildman–Crippen MR) is 150 cm³/mol. The van der Waals surface area contributed by atoms with Gasteiger partial charge in [-0.25, -0.2) is 0 Å². The first kappa shape index (κ1) is 26.1. The second kappa shape index (κ2) is 11.4. The number of rotatable bonds is 8. The van der Waals surface area contributed by atoms with Crippen LogP contribution in [0.1, 0.15) is 30.9 Å². The van der Waals surface area contributed by atoms with Crippen molar-refractivity contribution >= 4 is 63.3 Å². The summed E-state index contributed by atoms with van der Waals surface area (Å²) in [5.41, 5.74) is 2.78. The molecule has 1 aliphatic heterocycles. The lowest BCUT2D eigenvalue weighted by molar-refractivity contribution is -0.384. The number of benzene rings is 3. The number of thiocarbonyl (C=S) groups is 1. The van der Waals surface area contributed by atoms with Crippen LogP contribution in [0.15, 0.2) is 77.7 Å². The second-order valence-corrected chi connectivity index (χ2v) is 10.1. The van der Waals surface area contributed by atoms with Crippen molar-refractivity contribution in [2.45, 2.75) is 19.8 Å². The molecule has 8 nitrogen and oxygen atoms in total. The van der Waals surface area contributed by atoms with Crippen LogP contribution in [-0.2, 0) is 9.59 Å². The van der Waals surface area contributed by atoms with E-state index in [0.29, 0.717) is 20.7 Å². The fourth-order valence-corrected chi connectivity index (χ4v) is 5.00. The number of hydrogen-bond acceptors (Lipinski definition) is 7. The van der Waals surface area contributed by atoms with E-state index < -0.39 is 4.92 Å². The molecule has 0 atom stereocenters. The maximum Gasteiger partial charge on any atom is 0.271 e. The maximum absolute atomic E-state index is 13.0. The number of nitrogens with one attached hydrogen (secondary N) is 1. The van der Waals surface area contributed by atoms with Crippen molar-refractivity contribution in [3.63, 3.8) is 0 Å². The van der Waals surface area contributed by atoms with Gasteiger partial charge in [0.25, 0.3) is 17.5 Å². The van der Waals surface area contributed by atoms with E-state index in [1.54, 1.807) is 36.4 Å². The first-order valence-corrected chi connectivity index (χ1v) is 12.6. The van der Waals surface area contributed by atoms with Gasteiger partial charge in [-0.05, 0) is 47.4 Å². The summed E-state index contributed by atoms with van der Waals surface area (Å²) in [5.74, 6) is 0.168. The summed E-state index contributed by atoms with van der Waals surface area (Å²) < 4.78 is 5.91. The third-order valence-corrected chi connectivity index (χ3v) is 6.80. The lowest BCUT2D eigenvalue weighted by atomic mass is 10.0. The summed E-state index contributed by atoms with van der Waals surface area (Å²) in [6, 6.07) is 20.4. The molecule has 1 fully saturated rings. The van der Waals surface area contributed by atoms with Crippen molar-refractivity contribution in [3.05, 3.63) is 98.9 Å². The van der Waals surface area contributed by atoms with Crippen LogP contribution in [0.5, 0.6) is 5.75 Å². The topological polar surface area (TPSA) is 102 Å². The second-order valence-electron chi connectivity index (χ2n) is 8.44. The highest BCUT2D eigenvalue weighted by Crippen LogP contribution is 2.37. The number of nitro groups is 1. The summed E-state index contributed by atoms with van der Waals surface area (Å²) in [6.45, 7) is 3.98. The van der Waals surface area contributed by atoms with E-state index >= 15 is 0 Å². The molecule has 0 aliphatic carbocycles. The predicted octanol–water partition coefficient (Wildman–Crippen LogP) is 6.14. The van der Waals surface area contributed by atoms with Gasteiger partial charge in [0, 0.05) is 17.8 Å². The quantitative estimate of drug-likeness (QED) is 0.161. The molecule has 188 valence electrons. The molecule has 0 bridgehead atoms. The average Bonchev–Trinajstić information content (AvgIpc) is 3.16. The summed E-state index contributed by atoms with van der Waals surface area (Å²) in [7, 11) is 0. The Morgan fingerprint density at radius 2 is 1.86 bits per heavy atom. The van der Waals surface area contributed by atoms with E-state index in [0.717, 1.165) is 28.6 Å². The molecule has 0 spiro atoms. The minimum absolute atomic E-state index is 0.121. The van der Waals surface area contributed by atoms with Gasteiger partial charge in [0.05, 0.1) is 15.5 Å². The molecule has 1 saturated heterocycles. The Hall–Kier alpha value is -4.02. The number of anilines is 2. The first-order valence-electron chi connectivity index (χ1n) is 11.4. The monoisotopic (exact) mass is 533 g/mol. The Balaban J connectivity index is 1.39. The van der Waals surface area contributed by atoms with E-state index in [4.69, 9.17) is 17.0 Å². The summed E-state index contributed by atoms with van der Waals surface area (Å²) in [5, 5.41) is 14.0. The van der Waals surface area contributed by atoms with Crippen molar-refractivity contribution in [1.82, 2.24) is 0 Å². The summed E-state index contributed by atoms with van der Waals surface area (Å²) in [4.78, 5) is 37.6. The minimum atomic E-state index is -0.519. The number of ether oxygens (including phenoxy) is 1. The molecule has 3 aromatic rings. The van der Waals surface area contributed by atoms with Gasteiger partial charge < -0.3 is 10.1 Å². The van der Waals surface area contributed by atoms with Gasteiger partial charge in [0.15, 0.2) is 10.9 Å². The number of non-ortho nitro benzene ring substituents is 1. The van der Waals surface area contributed by atoms with E-state index in [1.165, 1.54) is 23.1 Å². The molecule has 0 saturated carbocycles. The Bertz CT molecular complexity index is 1400. The summed E-state index contributed by atoms with van der Waals surface area (Å²) >= 11 is 6.47. The molecular weight excluding hydrogens is 510 g/mol. The number of thioether (sulfide) groups is 1. The molecule has 1 N–H and O–H groups in total. The minimum Gasteiger partial charge on any atom is -0.484 e. The fraction of sp³-hybridized carbons (Fsp3) is 0.148. The van der Waals surface area contributed by atoms with Crippen LogP contribution in [0.2, 0.25) is 0 Å². The van der Waals surface area contributed by atoms with Crippen molar-refractivity contribution < 1.29 is 19.2 Å². The number of para-hydroxylation sites is 1.